The summed E-state index contributed by atoms with van der Waals surface area (Å²) in [4.78, 5) is 0. The molecule has 0 aromatic carbocycles. The zero-order valence-corrected chi connectivity index (χ0v) is 8.08. The third kappa shape index (κ3) is 2.51. The Labute approximate surface area is 64.3 Å². The van der Waals surface area contributed by atoms with Gasteiger partial charge in [-0.25, -0.2) is 0 Å². The molecule has 60 valence electrons. The van der Waals surface area contributed by atoms with Crippen molar-refractivity contribution < 1.29 is 5.41 Å². The van der Waals surface area contributed by atoms with Crippen LogP contribution in [0.4, 0.5) is 0 Å². The van der Waals surface area contributed by atoms with E-state index in [0.29, 0.717) is 0 Å². The van der Waals surface area contributed by atoms with Gasteiger partial charge in [0.15, 0.2) is 5.71 Å². The fourth-order valence-electron chi connectivity index (χ4n) is 1.12. The molecule has 10 heavy (non-hydrogen) atoms. The molecule has 1 nitrogen and oxygen atoms in total. The largest absolute Gasteiger partial charge is 0.261 e. The quantitative estimate of drug-likeness (QED) is 0.493. The predicted octanol–water partition coefficient (Wildman–Crippen LogP) is 1.28. The van der Waals surface area contributed by atoms with E-state index in [9.17, 15) is 0 Å². The summed E-state index contributed by atoms with van der Waals surface area (Å²) in [6, 6.07) is 0. The molecule has 2 N–H and O–H groups in total. The maximum atomic E-state index is 5.94. The van der Waals surface area contributed by atoms with E-state index < -0.39 is 0 Å². The van der Waals surface area contributed by atoms with Crippen molar-refractivity contribution in [2.75, 3.05) is 0 Å². The summed E-state index contributed by atoms with van der Waals surface area (Å²) >= 11 is 0. The minimum absolute atomic E-state index is 0.137. The molecule has 0 saturated carbocycles. The van der Waals surface area contributed by atoms with Crippen LogP contribution >= 0.6 is 0 Å². The molecule has 0 unspecified atom stereocenters. The van der Waals surface area contributed by atoms with Crippen molar-refractivity contribution >= 4 is 5.71 Å². The van der Waals surface area contributed by atoms with E-state index >= 15 is 0 Å². The van der Waals surface area contributed by atoms with Gasteiger partial charge in [-0.05, 0) is 0 Å². The van der Waals surface area contributed by atoms with E-state index in [1.54, 1.807) is 0 Å². The van der Waals surface area contributed by atoms with Crippen molar-refractivity contribution in [3.8, 4) is 0 Å². The van der Waals surface area contributed by atoms with Crippen LogP contribution in [0.15, 0.2) is 0 Å². The minimum Gasteiger partial charge on any atom is -0.261 e. The molecule has 0 fully saturated rings. The summed E-state index contributed by atoms with van der Waals surface area (Å²) in [5.74, 6) is 0. The van der Waals surface area contributed by atoms with Crippen LogP contribution < -0.4 is 5.41 Å². The first-order chi connectivity index (χ1) is 4.15. The fraction of sp³-hybridized carbons (Fsp3) is 0.889. The molecule has 0 spiro atoms. The Morgan fingerprint density at radius 2 is 1.00 bits per heavy atom. The van der Waals surface area contributed by atoms with Gasteiger partial charge in [0.1, 0.15) is 0 Å². The van der Waals surface area contributed by atoms with Gasteiger partial charge in [0.25, 0.3) is 0 Å². The zero-order chi connectivity index (χ0) is 8.58. The molecule has 1 heteroatoms. The van der Waals surface area contributed by atoms with Crippen LogP contribution in [-0.2, 0) is 0 Å². The van der Waals surface area contributed by atoms with Crippen LogP contribution in [0, 0.1) is 10.8 Å². The fourth-order valence-corrected chi connectivity index (χ4v) is 1.12. The lowest BCUT2D eigenvalue weighted by Crippen LogP contribution is -2.54. The molecule has 0 atom stereocenters. The summed E-state index contributed by atoms with van der Waals surface area (Å²) in [5, 5.41) is 5.94. The zero-order valence-electron chi connectivity index (χ0n) is 8.08. The molecule has 0 aromatic rings. The predicted molar refractivity (Wildman–Crippen MR) is 45.8 cm³/mol. The molecule has 0 bridgehead atoms. The second-order valence-electron chi connectivity index (χ2n) is 4.91. The first-order valence-corrected chi connectivity index (χ1v) is 3.79. The van der Waals surface area contributed by atoms with Crippen LogP contribution in [0.2, 0.25) is 0 Å². The van der Waals surface area contributed by atoms with Gasteiger partial charge in [0.05, 0.1) is 0 Å². The van der Waals surface area contributed by atoms with Crippen LogP contribution in [0.5, 0.6) is 0 Å². The number of rotatable bonds is 0. The molecule has 0 aromatic heterocycles. The van der Waals surface area contributed by atoms with Crippen molar-refractivity contribution in [2.24, 2.45) is 10.8 Å². The Morgan fingerprint density at radius 1 is 0.800 bits per heavy atom. The van der Waals surface area contributed by atoms with Gasteiger partial charge >= 0.3 is 0 Å². The minimum atomic E-state index is 0.137. The standard InChI is InChI=1S/C9H19N/c1-8(2,3)7(10)9(4,5)6/h10H,1-6H3/p+1. The third-order valence-electron chi connectivity index (χ3n) is 1.62. The average molecular weight is 142 g/mol. The molecular weight excluding hydrogens is 122 g/mol. The van der Waals surface area contributed by atoms with Crippen molar-refractivity contribution in [3.05, 3.63) is 0 Å². The second-order valence-corrected chi connectivity index (χ2v) is 4.91. The molecular formula is C9H20N+. The third-order valence-corrected chi connectivity index (χ3v) is 1.62. The highest BCUT2D eigenvalue weighted by molar-refractivity contribution is 5.88. The molecule has 0 saturated heterocycles. The van der Waals surface area contributed by atoms with Gasteiger partial charge in [-0.2, -0.15) is 0 Å². The van der Waals surface area contributed by atoms with Crippen LogP contribution in [-0.4, -0.2) is 5.71 Å². The maximum Gasteiger partial charge on any atom is 0.159 e. The van der Waals surface area contributed by atoms with E-state index in [2.05, 4.69) is 41.5 Å². The maximum absolute atomic E-state index is 5.94. The molecule has 0 aliphatic rings. The lowest BCUT2D eigenvalue weighted by molar-refractivity contribution is -0.134. The van der Waals surface area contributed by atoms with Gasteiger partial charge in [-0.15, -0.1) is 0 Å². The molecule has 0 rings (SSSR count). The lowest BCUT2D eigenvalue weighted by Gasteiger charge is -2.25. The topological polar surface area (TPSA) is 25.6 Å². The van der Waals surface area contributed by atoms with Crippen LogP contribution in [0.1, 0.15) is 41.5 Å². The van der Waals surface area contributed by atoms with E-state index in [4.69, 9.17) is 5.41 Å². The van der Waals surface area contributed by atoms with Crippen molar-refractivity contribution in [2.45, 2.75) is 41.5 Å². The van der Waals surface area contributed by atoms with Crippen molar-refractivity contribution in [3.63, 3.8) is 0 Å². The summed E-state index contributed by atoms with van der Waals surface area (Å²) in [6.07, 6.45) is 0. The Bertz CT molecular complexity index is 116. The Morgan fingerprint density at radius 3 is 1.00 bits per heavy atom. The highest BCUT2D eigenvalue weighted by Crippen LogP contribution is 2.26. The Kier molecular flexibility index (Phi) is 2.29. The Hall–Kier alpha value is -0.330. The summed E-state index contributed by atoms with van der Waals surface area (Å²) in [5.41, 5.74) is 1.34. The SMILES string of the molecule is CC(C)(C)C(=[NH2+])C(C)(C)C. The van der Waals surface area contributed by atoms with Gasteiger partial charge in [-0.1, -0.05) is 41.5 Å². The highest BCUT2D eigenvalue weighted by Gasteiger charge is 2.33. The highest BCUT2D eigenvalue weighted by atomic mass is 14.5. The van der Waals surface area contributed by atoms with E-state index in [-0.39, 0.29) is 10.8 Å². The summed E-state index contributed by atoms with van der Waals surface area (Å²) < 4.78 is 0. The average Bonchev–Trinajstić information content (AvgIpc) is 1.59. The molecule has 0 aliphatic heterocycles. The van der Waals surface area contributed by atoms with E-state index in [0.717, 1.165) is 5.71 Å². The van der Waals surface area contributed by atoms with Gasteiger partial charge < -0.3 is 0 Å². The van der Waals surface area contributed by atoms with Crippen molar-refractivity contribution in [1.29, 1.82) is 0 Å². The number of hydrogen-bond acceptors (Lipinski definition) is 0. The molecule has 0 amide bonds. The molecule has 0 heterocycles. The van der Waals surface area contributed by atoms with Crippen LogP contribution in [0.3, 0.4) is 0 Å². The lowest BCUT2D eigenvalue weighted by atomic mass is 9.75. The molecule has 0 aliphatic carbocycles. The van der Waals surface area contributed by atoms with Gasteiger partial charge in [0, 0.05) is 10.8 Å². The smallest absolute Gasteiger partial charge is 0.159 e. The van der Waals surface area contributed by atoms with E-state index in [1.165, 1.54) is 0 Å². The summed E-state index contributed by atoms with van der Waals surface area (Å²) in [7, 11) is 0. The van der Waals surface area contributed by atoms with Gasteiger partial charge in [0.2, 0.25) is 0 Å². The Balaban J connectivity index is 4.40. The normalized spacial score (nSPS) is 13.4. The monoisotopic (exact) mass is 142 g/mol. The first-order valence-electron chi connectivity index (χ1n) is 3.79. The number of hydrogen-bond donors (Lipinski definition) is 1. The summed E-state index contributed by atoms with van der Waals surface area (Å²) in [6.45, 7) is 12.9. The second kappa shape index (κ2) is 2.37. The first kappa shape index (κ1) is 9.67. The number of nitrogens with two attached hydrogens (primary N) is 1. The van der Waals surface area contributed by atoms with Crippen LogP contribution in [0.25, 0.3) is 0 Å². The van der Waals surface area contributed by atoms with Crippen molar-refractivity contribution in [1.82, 2.24) is 0 Å². The van der Waals surface area contributed by atoms with E-state index in [1.807, 2.05) is 0 Å². The molecule has 0 radical (unpaired) electrons. The van der Waals surface area contributed by atoms with Gasteiger partial charge in [-0.3, -0.25) is 5.41 Å².